The molecule has 0 saturated heterocycles. The molecule has 1 aromatic heterocycles. The molecule has 1 rings (SSSR count). The fourth-order valence-corrected chi connectivity index (χ4v) is 6.09. The molecule has 10 heteroatoms. The molecule has 0 spiro atoms. The van der Waals surface area contributed by atoms with Crippen LogP contribution in [-0.4, -0.2) is 49.3 Å². The van der Waals surface area contributed by atoms with Gasteiger partial charge in [-0.2, -0.15) is 15.0 Å². The predicted octanol–water partition coefficient (Wildman–Crippen LogP) is 2.98. The van der Waals surface area contributed by atoms with Crippen molar-refractivity contribution in [2.24, 2.45) is 0 Å². The average molecular weight is 382 g/mol. The first-order valence-electron chi connectivity index (χ1n) is 7.23. The number of aromatic nitrogens is 3. The van der Waals surface area contributed by atoms with E-state index < -0.39 is 8.80 Å². The maximum absolute atomic E-state index is 5.82. The molecule has 0 atom stereocenters. The highest BCUT2D eigenvalue weighted by Crippen LogP contribution is 2.22. The molecule has 0 aliphatic heterocycles. The molecular formula is C12H23N3O3S3Si. The lowest BCUT2D eigenvalue weighted by Crippen LogP contribution is -2.46. The minimum absolute atomic E-state index is 0.379. The molecule has 126 valence electrons. The quantitative estimate of drug-likeness (QED) is 0.264. The van der Waals surface area contributed by atoms with E-state index in [1.807, 2.05) is 20.8 Å². The molecule has 0 fully saturated rings. The fourth-order valence-electron chi connectivity index (χ4n) is 1.85. The highest BCUT2D eigenvalue weighted by molar-refractivity contribution is 7.99. The third kappa shape index (κ3) is 7.15. The monoisotopic (exact) mass is 381 g/mol. The highest BCUT2D eigenvalue weighted by atomic mass is 32.2. The van der Waals surface area contributed by atoms with E-state index >= 15 is 0 Å². The molecular weight excluding hydrogens is 358 g/mol. The van der Waals surface area contributed by atoms with E-state index in [4.69, 9.17) is 13.3 Å². The van der Waals surface area contributed by atoms with Crippen molar-refractivity contribution in [3.05, 3.63) is 0 Å². The molecule has 0 aliphatic carbocycles. The van der Waals surface area contributed by atoms with Crippen molar-refractivity contribution in [3.63, 3.8) is 0 Å². The lowest BCUT2D eigenvalue weighted by atomic mass is 10.6. The first kappa shape index (κ1) is 20.2. The summed E-state index contributed by atoms with van der Waals surface area (Å²) in [5.41, 5.74) is 0. The van der Waals surface area contributed by atoms with Crippen LogP contribution in [0.5, 0.6) is 0 Å². The Morgan fingerprint density at radius 3 is 1.86 bits per heavy atom. The standard InChI is InChI=1S/C12H23N3O3S3Si/c1-4-16-22(17-5-2,18-6-3)9-7-8-21-12-14-10(19)13-11(20)15-12/h4-9H2,1-3H3,(H2,13,14,15,19,20). The first-order chi connectivity index (χ1) is 10.5. The van der Waals surface area contributed by atoms with Gasteiger partial charge < -0.3 is 13.3 Å². The summed E-state index contributed by atoms with van der Waals surface area (Å²) in [6.45, 7) is 7.67. The summed E-state index contributed by atoms with van der Waals surface area (Å²) in [5, 5.41) is 1.38. The highest BCUT2D eigenvalue weighted by Gasteiger charge is 2.39. The number of hydrogen-bond donors (Lipinski definition) is 2. The van der Waals surface area contributed by atoms with Crippen LogP contribution in [0.3, 0.4) is 0 Å². The minimum Gasteiger partial charge on any atom is -0.374 e. The number of nitrogens with zero attached hydrogens (tertiary/aromatic N) is 3. The third-order valence-electron chi connectivity index (χ3n) is 2.54. The fraction of sp³-hybridized carbons (Fsp3) is 0.750. The largest absolute Gasteiger partial charge is 0.500 e. The van der Waals surface area contributed by atoms with Crippen LogP contribution in [0.1, 0.15) is 27.2 Å². The first-order valence-corrected chi connectivity index (χ1v) is 11.0. The van der Waals surface area contributed by atoms with E-state index in [0.717, 1.165) is 18.2 Å². The number of thiol groups is 2. The van der Waals surface area contributed by atoms with Crippen LogP contribution in [0.15, 0.2) is 15.5 Å². The van der Waals surface area contributed by atoms with Crippen LogP contribution < -0.4 is 0 Å². The SMILES string of the molecule is CCO[Si](CCCSc1nc(S)nc(S)n1)(OCC)OCC. The molecule has 0 bridgehead atoms. The summed E-state index contributed by atoms with van der Waals surface area (Å²) >= 11 is 9.78. The molecule has 1 heterocycles. The van der Waals surface area contributed by atoms with Crippen LogP contribution >= 0.6 is 37.0 Å². The topological polar surface area (TPSA) is 66.4 Å². The molecule has 0 aromatic carbocycles. The van der Waals surface area contributed by atoms with Gasteiger partial charge >= 0.3 is 8.80 Å². The summed E-state index contributed by atoms with van der Waals surface area (Å²) < 4.78 is 17.5. The van der Waals surface area contributed by atoms with Gasteiger partial charge in [0.05, 0.1) is 0 Å². The van der Waals surface area contributed by atoms with Gasteiger partial charge in [0.1, 0.15) is 0 Å². The van der Waals surface area contributed by atoms with Crippen LogP contribution in [0.25, 0.3) is 0 Å². The van der Waals surface area contributed by atoms with Crippen molar-refractivity contribution in [3.8, 4) is 0 Å². The van der Waals surface area contributed by atoms with Crippen molar-refractivity contribution in [2.75, 3.05) is 25.6 Å². The van der Waals surface area contributed by atoms with Crippen molar-refractivity contribution in [1.29, 1.82) is 0 Å². The van der Waals surface area contributed by atoms with Gasteiger partial charge in [-0.1, -0.05) is 11.8 Å². The average Bonchev–Trinajstić information content (AvgIpc) is 2.43. The van der Waals surface area contributed by atoms with Gasteiger partial charge in [-0.3, -0.25) is 0 Å². The van der Waals surface area contributed by atoms with Crippen LogP contribution in [0.4, 0.5) is 0 Å². The van der Waals surface area contributed by atoms with Gasteiger partial charge in [0.2, 0.25) is 0 Å². The van der Waals surface area contributed by atoms with E-state index in [2.05, 4.69) is 40.2 Å². The number of thioether (sulfide) groups is 1. The lowest BCUT2D eigenvalue weighted by molar-refractivity contribution is 0.0712. The maximum Gasteiger partial charge on any atom is 0.500 e. The Morgan fingerprint density at radius 1 is 0.909 bits per heavy atom. The Labute approximate surface area is 148 Å². The molecule has 0 unspecified atom stereocenters. The van der Waals surface area contributed by atoms with Crippen LogP contribution in [-0.2, 0) is 13.3 Å². The summed E-state index contributed by atoms with van der Waals surface area (Å²) in [4.78, 5) is 12.2. The normalized spacial score (nSPS) is 11.9. The van der Waals surface area contributed by atoms with Crippen molar-refractivity contribution < 1.29 is 13.3 Å². The third-order valence-corrected chi connectivity index (χ3v) is 7.03. The van der Waals surface area contributed by atoms with E-state index in [1.54, 1.807) is 0 Å². The Hall–Kier alpha value is 0.157. The summed E-state index contributed by atoms with van der Waals surface area (Å²) in [6, 6.07) is 0.780. The second-order valence-corrected chi connectivity index (χ2v) is 8.75. The second-order valence-electron chi connectivity index (χ2n) is 4.15. The number of rotatable bonds is 11. The maximum atomic E-state index is 5.82. The minimum atomic E-state index is -2.55. The second kappa shape index (κ2) is 10.8. The molecule has 1 aromatic rings. The van der Waals surface area contributed by atoms with E-state index in [0.29, 0.717) is 35.3 Å². The zero-order chi connectivity index (χ0) is 16.4. The molecule has 6 nitrogen and oxygen atoms in total. The predicted molar refractivity (Wildman–Crippen MR) is 95.1 cm³/mol. The zero-order valence-electron chi connectivity index (χ0n) is 13.1. The smallest absolute Gasteiger partial charge is 0.374 e. The summed E-state index contributed by atoms with van der Waals surface area (Å²) in [7, 11) is -2.55. The lowest BCUT2D eigenvalue weighted by Gasteiger charge is -2.28. The van der Waals surface area contributed by atoms with Crippen molar-refractivity contribution >= 4 is 45.8 Å². The Morgan fingerprint density at radius 2 is 1.41 bits per heavy atom. The molecule has 0 amide bonds. The van der Waals surface area contributed by atoms with Gasteiger partial charge in [-0.05, 0) is 27.2 Å². The van der Waals surface area contributed by atoms with Crippen molar-refractivity contribution in [1.82, 2.24) is 15.0 Å². The van der Waals surface area contributed by atoms with Gasteiger partial charge in [-0.25, -0.2) is 0 Å². The van der Waals surface area contributed by atoms with Gasteiger partial charge in [-0.15, -0.1) is 25.3 Å². The Bertz CT molecular complexity index is 420. The van der Waals surface area contributed by atoms with Crippen molar-refractivity contribution in [2.45, 2.75) is 48.7 Å². The Kier molecular flexibility index (Phi) is 9.96. The summed E-state index contributed by atoms with van der Waals surface area (Å²) in [5.74, 6) is 0.840. The van der Waals surface area contributed by atoms with Crippen LogP contribution in [0, 0.1) is 0 Å². The summed E-state index contributed by atoms with van der Waals surface area (Å²) in [6.07, 6.45) is 0.895. The zero-order valence-corrected chi connectivity index (χ0v) is 16.7. The van der Waals surface area contributed by atoms with Crippen LogP contribution in [0.2, 0.25) is 6.04 Å². The molecule has 22 heavy (non-hydrogen) atoms. The molecule has 0 N–H and O–H groups in total. The van der Waals surface area contributed by atoms with E-state index in [-0.39, 0.29) is 0 Å². The van der Waals surface area contributed by atoms with E-state index in [9.17, 15) is 0 Å². The van der Waals surface area contributed by atoms with E-state index in [1.165, 1.54) is 11.8 Å². The van der Waals surface area contributed by atoms with Gasteiger partial charge in [0, 0.05) is 31.6 Å². The van der Waals surface area contributed by atoms with Gasteiger partial charge in [0.25, 0.3) is 0 Å². The molecule has 0 radical (unpaired) electrons. The Balaban J connectivity index is 2.50. The molecule has 0 saturated carbocycles. The van der Waals surface area contributed by atoms with Gasteiger partial charge in [0.15, 0.2) is 15.5 Å². The molecule has 0 aliphatic rings. The number of hydrogen-bond acceptors (Lipinski definition) is 9.